The maximum atomic E-state index is 5.68. The molecule has 1 aromatic carbocycles. The zero-order valence-corrected chi connectivity index (χ0v) is 10.9. The van der Waals surface area contributed by atoms with E-state index < -0.39 is 0 Å². The number of ether oxygens (including phenoxy) is 3. The van der Waals surface area contributed by atoms with Crippen LogP contribution in [0.1, 0.15) is 5.56 Å². The first kappa shape index (κ1) is 13.0. The van der Waals surface area contributed by atoms with E-state index >= 15 is 0 Å². The molecule has 0 fully saturated rings. The van der Waals surface area contributed by atoms with Gasteiger partial charge in [-0.2, -0.15) is 0 Å². The number of pyridine rings is 1. The zero-order valence-electron chi connectivity index (χ0n) is 10.9. The lowest BCUT2D eigenvalue weighted by Gasteiger charge is -2.10. The molecule has 0 saturated carbocycles. The van der Waals surface area contributed by atoms with Crippen molar-refractivity contribution < 1.29 is 14.2 Å². The predicted molar refractivity (Wildman–Crippen MR) is 72.5 cm³/mol. The second kappa shape index (κ2) is 5.95. The third kappa shape index (κ3) is 3.51. The molecule has 1 aromatic heterocycles. The van der Waals surface area contributed by atoms with Crippen LogP contribution in [0.4, 0.5) is 5.82 Å². The van der Waals surface area contributed by atoms with Crippen LogP contribution < -0.4 is 19.9 Å². The van der Waals surface area contributed by atoms with E-state index in [4.69, 9.17) is 19.9 Å². The van der Waals surface area contributed by atoms with Gasteiger partial charge < -0.3 is 19.9 Å². The van der Waals surface area contributed by atoms with Crippen LogP contribution in [-0.4, -0.2) is 19.2 Å². The van der Waals surface area contributed by atoms with Gasteiger partial charge in [0.25, 0.3) is 0 Å². The summed E-state index contributed by atoms with van der Waals surface area (Å²) in [5, 5.41) is 0. The number of benzene rings is 1. The summed E-state index contributed by atoms with van der Waals surface area (Å²) in [4.78, 5) is 4.01. The molecule has 0 aliphatic rings. The molecule has 0 aliphatic carbocycles. The third-order valence-corrected chi connectivity index (χ3v) is 2.58. The Bertz CT molecular complexity index is 519. The molecule has 5 heteroatoms. The molecule has 0 bridgehead atoms. The maximum Gasteiger partial charge on any atom is 0.127 e. The van der Waals surface area contributed by atoms with E-state index in [0.29, 0.717) is 29.7 Å². The molecule has 0 spiro atoms. The topological polar surface area (TPSA) is 66.6 Å². The molecule has 0 amide bonds. The lowest BCUT2D eigenvalue weighted by atomic mass is 10.3. The van der Waals surface area contributed by atoms with Crippen LogP contribution in [-0.2, 0) is 6.61 Å². The largest absolute Gasteiger partial charge is 0.496 e. The first-order chi connectivity index (χ1) is 9.21. The van der Waals surface area contributed by atoms with Crippen molar-refractivity contribution in [3.05, 3.63) is 42.1 Å². The Morgan fingerprint density at radius 3 is 2.16 bits per heavy atom. The van der Waals surface area contributed by atoms with Gasteiger partial charge in [0.15, 0.2) is 0 Å². The number of hydrogen-bond donors (Lipinski definition) is 1. The second-order valence-corrected chi connectivity index (χ2v) is 3.93. The van der Waals surface area contributed by atoms with Crippen LogP contribution in [0.3, 0.4) is 0 Å². The molecular formula is C14H16N2O3. The molecule has 2 aromatic rings. The highest BCUT2D eigenvalue weighted by Crippen LogP contribution is 2.27. The molecular weight excluding hydrogens is 244 g/mol. The fourth-order valence-corrected chi connectivity index (χ4v) is 1.55. The molecule has 2 rings (SSSR count). The van der Waals surface area contributed by atoms with Gasteiger partial charge in [-0.05, 0) is 6.07 Å². The molecule has 1 heterocycles. The van der Waals surface area contributed by atoms with Crippen LogP contribution in [0.25, 0.3) is 0 Å². The van der Waals surface area contributed by atoms with E-state index in [1.807, 2.05) is 6.07 Å². The quantitative estimate of drug-likeness (QED) is 0.893. The Morgan fingerprint density at radius 2 is 1.63 bits per heavy atom. The Labute approximate surface area is 111 Å². The van der Waals surface area contributed by atoms with E-state index in [1.165, 1.54) is 0 Å². The van der Waals surface area contributed by atoms with Crippen LogP contribution in [0.2, 0.25) is 0 Å². The van der Waals surface area contributed by atoms with E-state index in [0.717, 1.165) is 5.56 Å². The standard InChI is InChI=1S/C14H16N2O3/c1-17-11-5-12(18-2)7-13(6-11)19-9-10-3-4-14(15)16-8-10/h3-8H,9H2,1-2H3,(H2,15,16). The number of nitrogen functional groups attached to an aromatic ring is 1. The Hall–Kier alpha value is -2.43. The Morgan fingerprint density at radius 1 is 1.00 bits per heavy atom. The summed E-state index contributed by atoms with van der Waals surface area (Å²) in [6, 6.07) is 9.00. The van der Waals surface area contributed by atoms with Crippen molar-refractivity contribution in [2.45, 2.75) is 6.61 Å². The van der Waals surface area contributed by atoms with Crippen molar-refractivity contribution in [1.29, 1.82) is 0 Å². The summed E-state index contributed by atoms with van der Waals surface area (Å²) < 4.78 is 16.0. The number of nitrogens with two attached hydrogens (primary N) is 1. The highest BCUT2D eigenvalue weighted by atomic mass is 16.5. The van der Waals surface area contributed by atoms with Gasteiger partial charge in [0, 0.05) is 30.0 Å². The summed E-state index contributed by atoms with van der Waals surface area (Å²) in [5.74, 6) is 2.54. The van der Waals surface area contributed by atoms with E-state index in [2.05, 4.69) is 4.98 Å². The van der Waals surface area contributed by atoms with E-state index in [-0.39, 0.29) is 0 Å². The lowest BCUT2D eigenvalue weighted by molar-refractivity contribution is 0.300. The van der Waals surface area contributed by atoms with Gasteiger partial charge >= 0.3 is 0 Å². The maximum absolute atomic E-state index is 5.68. The third-order valence-electron chi connectivity index (χ3n) is 2.58. The first-order valence-electron chi connectivity index (χ1n) is 5.77. The highest BCUT2D eigenvalue weighted by molar-refractivity contribution is 5.42. The summed E-state index contributed by atoms with van der Waals surface area (Å²) in [6.45, 7) is 0.406. The van der Waals surface area contributed by atoms with Gasteiger partial charge in [-0.3, -0.25) is 0 Å². The van der Waals surface area contributed by atoms with Crippen LogP contribution in [0.15, 0.2) is 36.5 Å². The minimum Gasteiger partial charge on any atom is -0.496 e. The van der Waals surface area contributed by atoms with Crippen LogP contribution in [0, 0.1) is 0 Å². The van der Waals surface area contributed by atoms with Gasteiger partial charge in [0.1, 0.15) is 29.7 Å². The van der Waals surface area contributed by atoms with Gasteiger partial charge in [-0.25, -0.2) is 4.98 Å². The fraction of sp³-hybridized carbons (Fsp3) is 0.214. The van der Waals surface area contributed by atoms with Crippen molar-refractivity contribution in [1.82, 2.24) is 4.98 Å². The number of methoxy groups -OCH3 is 2. The number of nitrogens with zero attached hydrogens (tertiary/aromatic N) is 1. The highest BCUT2D eigenvalue weighted by Gasteiger charge is 2.03. The lowest BCUT2D eigenvalue weighted by Crippen LogP contribution is -1.98. The molecule has 0 unspecified atom stereocenters. The summed E-state index contributed by atoms with van der Waals surface area (Å²) in [5.41, 5.74) is 6.47. The van der Waals surface area contributed by atoms with E-state index in [9.17, 15) is 0 Å². The molecule has 0 aliphatic heterocycles. The number of hydrogen-bond acceptors (Lipinski definition) is 5. The van der Waals surface area contributed by atoms with Crippen molar-refractivity contribution in [2.24, 2.45) is 0 Å². The van der Waals surface area contributed by atoms with Crippen molar-refractivity contribution in [3.63, 3.8) is 0 Å². The molecule has 19 heavy (non-hydrogen) atoms. The van der Waals surface area contributed by atoms with Crippen molar-refractivity contribution >= 4 is 5.82 Å². The number of aromatic nitrogens is 1. The van der Waals surface area contributed by atoms with Crippen molar-refractivity contribution in [3.8, 4) is 17.2 Å². The van der Waals surface area contributed by atoms with E-state index in [1.54, 1.807) is 44.7 Å². The van der Waals surface area contributed by atoms with Crippen LogP contribution in [0.5, 0.6) is 17.2 Å². The SMILES string of the molecule is COc1cc(OC)cc(OCc2ccc(N)nc2)c1. The summed E-state index contributed by atoms with van der Waals surface area (Å²) in [7, 11) is 3.20. The molecule has 5 nitrogen and oxygen atoms in total. The molecule has 0 radical (unpaired) electrons. The Balaban J connectivity index is 2.08. The average Bonchev–Trinajstić information content (AvgIpc) is 2.46. The predicted octanol–water partition coefficient (Wildman–Crippen LogP) is 2.26. The minimum atomic E-state index is 0.406. The number of rotatable bonds is 5. The smallest absolute Gasteiger partial charge is 0.127 e. The van der Waals surface area contributed by atoms with Crippen molar-refractivity contribution in [2.75, 3.05) is 20.0 Å². The second-order valence-electron chi connectivity index (χ2n) is 3.93. The molecule has 0 atom stereocenters. The number of anilines is 1. The zero-order chi connectivity index (χ0) is 13.7. The molecule has 100 valence electrons. The van der Waals surface area contributed by atoms with Gasteiger partial charge in [-0.15, -0.1) is 0 Å². The summed E-state index contributed by atoms with van der Waals surface area (Å²) in [6.07, 6.45) is 1.69. The average molecular weight is 260 g/mol. The monoisotopic (exact) mass is 260 g/mol. The first-order valence-corrected chi connectivity index (χ1v) is 5.77. The van der Waals surface area contributed by atoms with Gasteiger partial charge in [0.05, 0.1) is 14.2 Å². The minimum absolute atomic E-state index is 0.406. The van der Waals surface area contributed by atoms with Crippen LogP contribution >= 0.6 is 0 Å². The normalized spacial score (nSPS) is 10.0. The molecule has 0 saturated heterocycles. The van der Waals surface area contributed by atoms with Gasteiger partial charge in [-0.1, -0.05) is 6.07 Å². The fourth-order valence-electron chi connectivity index (χ4n) is 1.55. The summed E-state index contributed by atoms with van der Waals surface area (Å²) >= 11 is 0. The van der Waals surface area contributed by atoms with Gasteiger partial charge in [0.2, 0.25) is 0 Å². The molecule has 2 N–H and O–H groups in total. The Kier molecular flexibility index (Phi) is 4.07.